The summed E-state index contributed by atoms with van der Waals surface area (Å²) in [6, 6.07) is 6.10. The summed E-state index contributed by atoms with van der Waals surface area (Å²) in [5.41, 5.74) is 3.03. The van der Waals surface area contributed by atoms with Crippen molar-refractivity contribution in [1.82, 2.24) is 10.2 Å². The van der Waals surface area contributed by atoms with E-state index in [1.807, 2.05) is 24.0 Å². The Balaban J connectivity index is 1.44. The van der Waals surface area contributed by atoms with Gasteiger partial charge in [0, 0.05) is 32.2 Å². The van der Waals surface area contributed by atoms with Crippen LogP contribution in [0.1, 0.15) is 54.1 Å². The Hall–Kier alpha value is -1.88. The van der Waals surface area contributed by atoms with E-state index in [0.29, 0.717) is 17.8 Å². The van der Waals surface area contributed by atoms with Crippen molar-refractivity contribution in [3.8, 4) is 0 Å². The lowest BCUT2D eigenvalue weighted by atomic mass is 9.77. The van der Waals surface area contributed by atoms with E-state index in [9.17, 15) is 9.59 Å². The molecule has 1 saturated heterocycles. The van der Waals surface area contributed by atoms with Gasteiger partial charge in [-0.05, 0) is 68.9 Å². The number of rotatable bonds is 5. The van der Waals surface area contributed by atoms with Gasteiger partial charge >= 0.3 is 0 Å². The first kappa shape index (κ1) is 19.4. The lowest BCUT2D eigenvalue weighted by molar-refractivity contribution is -0.122. The van der Waals surface area contributed by atoms with Crippen molar-refractivity contribution in [1.29, 1.82) is 0 Å². The third kappa shape index (κ3) is 4.24. The first-order valence-corrected chi connectivity index (χ1v) is 10.7. The zero-order valence-electron chi connectivity index (χ0n) is 17.2. The van der Waals surface area contributed by atoms with Crippen LogP contribution in [-0.2, 0) is 9.53 Å². The highest BCUT2D eigenvalue weighted by Crippen LogP contribution is 2.39. The third-order valence-corrected chi connectivity index (χ3v) is 6.65. The Morgan fingerprint density at radius 3 is 2.50 bits per heavy atom. The molecular weight excluding hydrogens is 352 g/mol. The number of aryl methyl sites for hydroxylation is 2. The second-order valence-electron chi connectivity index (χ2n) is 9.14. The number of benzene rings is 1. The van der Waals surface area contributed by atoms with Crippen molar-refractivity contribution < 1.29 is 14.3 Å². The van der Waals surface area contributed by atoms with Crippen LogP contribution in [-0.4, -0.2) is 48.6 Å². The molecule has 5 nitrogen and oxygen atoms in total. The smallest absolute Gasteiger partial charge is 0.254 e. The van der Waals surface area contributed by atoms with E-state index in [1.54, 1.807) is 6.92 Å². The molecule has 0 bridgehead atoms. The molecule has 3 aliphatic rings. The summed E-state index contributed by atoms with van der Waals surface area (Å²) in [5, 5.41) is 3.11. The van der Waals surface area contributed by atoms with Crippen molar-refractivity contribution in [3.63, 3.8) is 0 Å². The quantitative estimate of drug-likeness (QED) is 0.849. The van der Waals surface area contributed by atoms with Gasteiger partial charge in [-0.2, -0.15) is 0 Å². The van der Waals surface area contributed by atoms with Crippen LogP contribution in [0.25, 0.3) is 0 Å². The summed E-state index contributed by atoms with van der Waals surface area (Å²) in [6.45, 7) is 8.03. The van der Waals surface area contributed by atoms with Crippen molar-refractivity contribution in [3.05, 3.63) is 34.9 Å². The first-order valence-electron chi connectivity index (χ1n) is 10.7. The Morgan fingerprint density at radius 1 is 1.14 bits per heavy atom. The van der Waals surface area contributed by atoms with Crippen LogP contribution in [0.2, 0.25) is 0 Å². The van der Waals surface area contributed by atoms with Gasteiger partial charge in [0.2, 0.25) is 5.91 Å². The summed E-state index contributed by atoms with van der Waals surface area (Å²) >= 11 is 0. The van der Waals surface area contributed by atoms with Gasteiger partial charge in [0.05, 0.1) is 12.1 Å². The van der Waals surface area contributed by atoms with Gasteiger partial charge in [0.25, 0.3) is 5.91 Å². The Labute approximate surface area is 167 Å². The SMILES string of the molecule is CC(=O)N[C@@H]1C[C@@H]2CN(C(=O)c3ccc(C)cc3C)C[C@@H]2C[C@H]1OCC1CC1. The van der Waals surface area contributed by atoms with Crippen LogP contribution >= 0.6 is 0 Å². The summed E-state index contributed by atoms with van der Waals surface area (Å²) in [5.74, 6) is 1.75. The van der Waals surface area contributed by atoms with Crippen molar-refractivity contribution in [2.75, 3.05) is 19.7 Å². The van der Waals surface area contributed by atoms with Gasteiger partial charge < -0.3 is 15.0 Å². The molecule has 4 atom stereocenters. The molecule has 1 aromatic rings. The number of carbonyl (C=O) groups excluding carboxylic acids is 2. The number of fused-ring (bicyclic) bond motifs is 1. The predicted octanol–water partition coefficient (Wildman–Crippen LogP) is 3.09. The number of hydrogen-bond donors (Lipinski definition) is 1. The fourth-order valence-electron chi connectivity index (χ4n) is 4.94. The van der Waals surface area contributed by atoms with Gasteiger partial charge in [-0.25, -0.2) is 0 Å². The molecular formula is C23H32N2O3. The van der Waals surface area contributed by atoms with Gasteiger partial charge in [0.1, 0.15) is 0 Å². The number of nitrogens with zero attached hydrogens (tertiary/aromatic N) is 1. The van der Waals surface area contributed by atoms with Crippen LogP contribution < -0.4 is 5.32 Å². The molecule has 5 heteroatoms. The molecule has 0 unspecified atom stereocenters. The largest absolute Gasteiger partial charge is 0.376 e. The fourth-order valence-corrected chi connectivity index (χ4v) is 4.94. The van der Waals surface area contributed by atoms with E-state index in [0.717, 1.165) is 43.7 Å². The van der Waals surface area contributed by atoms with E-state index < -0.39 is 0 Å². The van der Waals surface area contributed by atoms with E-state index in [1.165, 1.54) is 18.4 Å². The molecule has 1 aliphatic heterocycles. The number of likely N-dealkylation sites (tertiary alicyclic amines) is 1. The highest BCUT2D eigenvalue weighted by Gasteiger charge is 2.44. The third-order valence-electron chi connectivity index (χ3n) is 6.65. The lowest BCUT2D eigenvalue weighted by Crippen LogP contribution is -2.50. The van der Waals surface area contributed by atoms with Crippen molar-refractivity contribution in [2.24, 2.45) is 17.8 Å². The summed E-state index contributed by atoms with van der Waals surface area (Å²) in [6.07, 6.45) is 4.43. The van der Waals surface area contributed by atoms with E-state index >= 15 is 0 Å². The molecule has 2 saturated carbocycles. The molecule has 3 fully saturated rings. The summed E-state index contributed by atoms with van der Waals surface area (Å²) < 4.78 is 6.22. The summed E-state index contributed by atoms with van der Waals surface area (Å²) in [7, 11) is 0. The minimum absolute atomic E-state index is 0.00433. The standard InChI is InChI=1S/C23H32N2O3/c1-14-4-7-20(15(2)8-14)23(27)25-11-18-9-21(24-16(3)26)22(10-19(18)12-25)28-13-17-5-6-17/h4,7-8,17-19,21-22H,5-6,9-13H2,1-3H3,(H,24,26)/t18-,19+,21-,22-/m1/s1. The average Bonchev–Trinajstić information content (AvgIpc) is 3.37. The normalized spacial score (nSPS) is 29.5. The number of ether oxygens (including phenoxy) is 1. The highest BCUT2D eigenvalue weighted by atomic mass is 16.5. The minimum atomic E-state index is 0.00433. The molecule has 1 aromatic carbocycles. The minimum Gasteiger partial charge on any atom is -0.376 e. The maximum atomic E-state index is 13.1. The van der Waals surface area contributed by atoms with Crippen LogP contribution in [0.3, 0.4) is 0 Å². The second-order valence-corrected chi connectivity index (χ2v) is 9.14. The molecule has 0 spiro atoms. The van der Waals surface area contributed by atoms with E-state index in [-0.39, 0.29) is 24.0 Å². The molecule has 1 heterocycles. The zero-order valence-corrected chi connectivity index (χ0v) is 17.2. The molecule has 2 amide bonds. The molecule has 1 N–H and O–H groups in total. The molecule has 0 radical (unpaired) electrons. The second kappa shape index (κ2) is 7.86. The number of hydrogen-bond acceptors (Lipinski definition) is 3. The molecule has 2 aliphatic carbocycles. The van der Waals surface area contributed by atoms with Crippen LogP contribution in [0.5, 0.6) is 0 Å². The number of carbonyl (C=O) groups is 2. The van der Waals surface area contributed by atoms with Gasteiger partial charge in [-0.3, -0.25) is 9.59 Å². The number of nitrogens with one attached hydrogen (secondary N) is 1. The molecule has 4 rings (SSSR count). The molecule has 152 valence electrons. The van der Waals surface area contributed by atoms with Gasteiger partial charge in [-0.1, -0.05) is 17.7 Å². The maximum absolute atomic E-state index is 13.1. The fraction of sp³-hybridized carbons (Fsp3) is 0.652. The lowest BCUT2D eigenvalue weighted by Gasteiger charge is -2.38. The van der Waals surface area contributed by atoms with Crippen molar-refractivity contribution in [2.45, 2.75) is 58.6 Å². The first-order chi connectivity index (χ1) is 13.4. The van der Waals surface area contributed by atoms with Crippen LogP contribution in [0.15, 0.2) is 18.2 Å². The zero-order chi connectivity index (χ0) is 19.8. The topological polar surface area (TPSA) is 58.6 Å². The Kier molecular flexibility index (Phi) is 5.46. The maximum Gasteiger partial charge on any atom is 0.254 e. The van der Waals surface area contributed by atoms with Crippen LogP contribution in [0.4, 0.5) is 0 Å². The van der Waals surface area contributed by atoms with E-state index in [4.69, 9.17) is 4.74 Å². The van der Waals surface area contributed by atoms with Gasteiger partial charge in [0.15, 0.2) is 0 Å². The molecule has 0 aromatic heterocycles. The van der Waals surface area contributed by atoms with Crippen LogP contribution in [0, 0.1) is 31.6 Å². The predicted molar refractivity (Wildman–Crippen MR) is 108 cm³/mol. The van der Waals surface area contributed by atoms with Crippen molar-refractivity contribution >= 4 is 11.8 Å². The number of amides is 2. The Bertz CT molecular complexity index is 758. The van der Waals surface area contributed by atoms with E-state index in [2.05, 4.69) is 18.3 Å². The average molecular weight is 385 g/mol. The monoisotopic (exact) mass is 384 g/mol. The highest BCUT2D eigenvalue weighted by molar-refractivity contribution is 5.96. The van der Waals surface area contributed by atoms with Gasteiger partial charge in [-0.15, -0.1) is 0 Å². The summed E-state index contributed by atoms with van der Waals surface area (Å²) in [4.78, 5) is 26.8. The molecule has 28 heavy (non-hydrogen) atoms. The Morgan fingerprint density at radius 2 is 1.86 bits per heavy atom.